The van der Waals surface area contributed by atoms with Crippen LogP contribution in [0.25, 0.3) is 6.08 Å². The fourth-order valence-corrected chi connectivity index (χ4v) is 1.14. The van der Waals surface area contributed by atoms with Gasteiger partial charge in [0.1, 0.15) is 11.6 Å². The lowest BCUT2D eigenvalue weighted by molar-refractivity contribution is -0.131. The van der Waals surface area contributed by atoms with Gasteiger partial charge in [0.15, 0.2) is 0 Å². The summed E-state index contributed by atoms with van der Waals surface area (Å²) in [4.78, 5) is 10.1. The molecule has 1 aromatic carbocycles. The van der Waals surface area contributed by atoms with E-state index in [1.807, 2.05) is 0 Å². The molecule has 14 heavy (non-hydrogen) atoms. The van der Waals surface area contributed by atoms with Crippen LogP contribution in [0, 0.1) is 11.6 Å². The maximum absolute atomic E-state index is 13.0. The maximum atomic E-state index is 13.0. The van der Waals surface area contributed by atoms with E-state index < -0.39 is 17.6 Å². The second-order valence-corrected chi connectivity index (χ2v) is 3.31. The summed E-state index contributed by atoms with van der Waals surface area (Å²) in [5.74, 6) is -2.54. The van der Waals surface area contributed by atoms with Gasteiger partial charge >= 0.3 is 5.97 Å². The number of carboxylic acid groups (broad SMARTS) is 1. The number of carboxylic acids is 1. The summed E-state index contributed by atoms with van der Waals surface area (Å²) in [6, 6.07) is 1.86. The van der Waals surface area contributed by atoms with Crippen molar-refractivity contribution in [3.8, 4) is 0 Å². The fraction of sp³-hybridized carbons (Fsp3) is 0. The van der Waals surface area contributed by atoms with Gasteiger partial charge in [0.2, 0.25) is 0 Å². The first-order chi connectivity index (χ1) is 6.50. The highest BCUT2D eigenvalue weighted by molar-refractivity contribution is 9.10. The first kappa shape index (κ1) is 10.8. The van der Waals surface area contributed by atoms with Crippen molar-refractivity contribution in [1.82, 2.24) is 0 Å². The summed E-state index contributed by atoms with van der Waals surface area (Å²) in [7, 11) is 0. The van der Waals surface area contributed by atoms with Crippen LogP contribution in [0.4, 0.5) is 8.78 Å². The zero-order valence-corrected chi connectivity index (χ0v) is 8.38. The molecule has 1 rings (SSSR count). The van der Waals surface area contributed by atoms with E-state index in [1.165, 1.54) is 0 Å². The molecule has 0 bridgehead atoms. The van der Waals surface area contributed by atoms with Gasteiger partial charge in [-0.15, -0.1) is 0 Å². The second kappa shape index (κ2) is 4.32. The minimum Gasteiger partial charge on any atom is -0.478 e. The van der Waals surface area contributed by atoms with E-state index in [0.29, 0.717) is 0 Å². The molecule has 0 spiro atoms. The van der Waals surface area contributed by atoms with Crippen molar-refractivity contribution in [1.29, 1.82) is 0 Å². The van der Waals surface area contributed by atoms with Crippen LogP contribution < -0.4 is 0 Å². The van der Waals surface area contributed by atoms with E-state index in [-0.39, 0.29) is 10.0 Å². The number of benzene rings is 1. The van der Waals surface area contributed by atoms with Crippen molar-refractivity contribution < 1.29 is 18.7 Å². The first-order valence-electron chi connectivity index (χ1n) is 3.56. The summed E-state index contributed by atoms with van der Waals surface area (Å²) in [6.07, 6.45) is 1.74. The highest BCUT2D eigenvalue weighted by Gasteiger charge is 2.05. The predicted octanol–water partition coefficient (Wildman–Crippen LogP) is 2.83. The molecular weight excluding hydrogens is 258 g/mol. The van der Waals surface area contributed by atoms with E-state index in [9.17, 15) is 13.6 Å². The van der Waals surface area contributed by atoms with Crippen LogP contribution in [0.2, 0.25) is 0 Å². The molecule has 0 amide bonds. The normalized spacial score (nSPS) is 10.8. The van der Waals surface area contributed by atoms with Gasteiger partial charge in [0.05, 0.1) is 4.47 Å². The Kier molecular flexibility index (Phi) is 3.35. The molecule has 0 aromatic heterocycles. The van der Waals surface area contributed by atoms with Gasteiger partial charge in [-0.2, -0.15) is 0 Å². The Morgan fingerprint density at radius 2 is 2.00 bits per heavy atom. The van der Waals surface area contributed by atoms with E-state index >= 15 is 0 Å². The smallest absolute Gasteiger partial charge is 0.328 e. The topological polar surface area (TPSA) is 37.3 Å². The molecule has 0 radical (unpaired) electrons. The number of carbonyl (C=O) groups is 1. The van der Waals surface area contributed by atoms with Gasteiger partial charge in [-0.1, -0.05) is 0 Å². The largest absolute Gasteiger partial charge is 0.478 e. The molecule has 0 heterocycles. The molecule has 0 unspecified atom stereocenters. The minimum absolute atomic E-state index is 0.00229. The molecule has 1 N–H and O–H groups in total. The molecule has 0 atom stereocenters. The Morgan fingerprint density at radius 3 is 2.57 bits per heavy atom. The van der Waals surface area contributed by atoms with E-state index in [2.05, 4.69) is 15.9 Å². The van der Waals surface area contributed by atoms with Crippen LogP contribution in [0.5, 0.6) is 0 Å². The van der Waals surface area contributed by atoms with Crippen molar-refractivity contribution in [3.05, 3.63) is 39.9 Å². The minimum atomic E-state index is -1.22. The van der Waals surface area contributed by atoms with Gasteiger partial charge in [-0.05, 0) is 34.1 Å². The average Bonchev–Trinajstić information content (AvgIpc) is 2.09. The Balaban J connectivity index is 3.10. The lowest BCUT2D eigenvalue weighted by atomic mass is 10.2. The van der Waals surface area contributed by atoms with Crippen molar-refractivity contribution in [2.45, 2.75) is 0 Å². The number of hydrogen-bond acceptors (Lipinski definition) is 1. The highest BCUT2D eigenvalue weighted by atomic mass is 79.9. The number of rotatable bonds is 2. The van der Waals surface area contributed by atoms with Crippen LogP contribution >= 0.6 is 15.9 Å². The molecular formula is C9H5BrF2O2. The standard InChI is InChI=1S/C9H5BrF2O2/c10-6-4-7(11)5(3-8(6)12)1-2-9(13)14/h1-4H,(H,13,14)/b2-1+. The van der Waals surface area contributed by atoms with Crippen LogP contribution in [-0.2, 0) is 4.79 Å². The van der Waals surface area contributed by atoms with E-state index in [0.717, 1.165) is 24.3 Å². The van der Waals surface area contributed by atoms with Crippen LogP contribution in [0.1, 0.15) is 5.56 Å². The zero-order valence-electron chi connectivity index (χ0n) is 6.80. The Hall–Kier alpha value is -1.23. The Labute approximate surface area is 87.0 Å². The molecule has 0 saturated heterocycles. The number of hydrogen-bond donors (Lipinski definition) is 1. The summed E-state index contributed by atoms with van der Waals surface area (Å²) < 4.78 is 25.9. The molecule has 2 nitrogen and oxygen atoms in total. The quantitative estimate of drug-likeness (QED) is 0.658. The summed E-state index contributed by atoms with van der Waals surface area (Å²) in [5.41, 5.74) is -0.104. The van der Waals surface area contributed by atoms with Crippen LogP contribution in [0.3, 0.4) is 0 Å². The predicted molar refractivity (Wildman–Crippen MR) is 50.7 cm³/mol. The van der Waals surface area contributed by atoms with Crippen LogP contribution in [-0.4, -0.2) is 11.1 Å². The molecule has 0 aliphatic rings. The van der Waals surface area contributed by atoms with Crippen LogP contribution in [0.15, 0.2) is 22.7 Å². The lowest BCUT2D eigenvalue weighted by Crippen LogP contribution is -1.89. The molecule has 0 fully saturated rings. The van der Waals surface area contributed by atoms with Gasteiger partial charge in [-0.25, -0.2) is 13.6 Å². The monoisotopic (exact) mass is 262 g/mol. The van der Waals surface area contributed by atoms with Crippen molar-refractivity contribution in [2.75, 3.05) is 0 Å². The second-order valence-electron chi connectivity index (χ2n) is 2.46. The maximum Gasteiger partial charge on any atom is 0.328 e. The summed E-state index contributed by atoms with van der Waals surface area (Å²) >= 11 is 2.80. The van der Waals surface area contributed by atoms with E-state index in [1.54, 1.807) is 0 Å². The molecule has 0 aliphatic carbocycles. The van der Waals surface area contributed by atoms with Crippen molar-refractivity contribution in [2.24, 2.45) is 0 Å². The Bertz CT molecular complexity index is 402. The SMILES string of the molecule is O=C(O)/C=C/c1cc(F)c(Br)cc1F. The zero-order chi connectivity index (χ0) is 10.7. The lowest BCUT2D eigenvalue weighted by Gasteiger charge is -1.98. The highest BCUT2D eigenvalue weighted by Crippen LogP contribution is 2.20. The third-order valence-corrected chi connectivity index (χ3v) is 2.05. The molecule has 0 saturated carbocycles. The van der Waals surface area contributed by atoms with Gasteiger partial charge in [-0.3, -0.25) is 0 Å². The first-order valence-corrected chi connectivity index (χ1v) is 4.35. The molecule has 0 aliphatic heterocycles. The van der Waals surface area contributed by atoms with Gasteiger partial charge in [0.25, 0.3) is 0 Å². The third kappa shape index (κ3) is 2.63. The average molecular weight is 263 g/mol. The summed E-state index contributed by atoms with van der Waals surface area (Å²) in [5, 5.41) is 8.28. The van der Waals surface area contributed by atoms with E-state index in [4.69, 9.17) is 5.11 Å². The number of aliphatic carboxylic acids is 1. The third-order valence-electron chi connectivity index (χ3n) is 1.45. The molecule has 74 valence electrons. The van der Waals surface area contributed by atoms with Crippen molar-refractivity contribution in [3.63, 3.8) is 0 Å². The molecule has 1 aromatic rings. The number of halogens is 3. The fourth-order valence-electron chi connectivity index (χ4n) is 0.827. The summed E-state index contributed by atoms with van der Waals surface area (Å²) in [6.45, 7) is 0. The van der Waals surface area contributed by atoms with Gasteiger partial charge < -0.3 is 5.11 Å². The molecule has 5 heteroatoms. The van der Waals surface area contributed by atoms with Crippen molar-refractivity contribution >= 4 is 28.0 Å². The Morgan fingerprint density at radius 1 is 1.36 bits per heavy atom. The van der Waals surface area contributed by atoms with Gasteiger partial charge in [0, 0.05) is 11.6 Å².